The van der Waals surface area contributed by atoms with E-state index in [2.05, 4.69) is 10.6 Å². The minimum Gasteiger partial charge on any atom is -0.466 e. The van der Waals surface area contributed by atoms with E-state index in [9.17, 15) is 14.7 Å². The van der Waals surface area contributed by atoms with Gasteiger partial charge in [0.25, 0.3) is 0 Å². The van der Waals surface area contributed by atoms with Gasteiger partial charge in [-0.15, -0.1) is 0 Å². The second kappa shape index (κ2) is 6.66. The minimum absolute atomic E-state index is 0.139. The molecule has 0 saturated heterocycles. The van der Waals surface area contributed by atoms with E-state index < -0.39 is 17.4 Å². The molecule has 0 fully saturated rings. The van der Waals surface area contributed by atoms with Crippen LogP contribution < -0.4 is 10.6 Å². The van der Waals surface area contributed by atoms with Crippen LogP contribution in [0, 0.1) is 13.8 Å². The van der Waals surface area contributed by atoms with Crippen molar-refractivity contribution in [3.05, 3.63) is 53.5 Å². The Balaban J connectivity index is 1.95. The average Bonchev–Trinajstić information content (AvgIpc) is 3.03. The molecule has 6 heteroatoms. The van der Waals surface area contributed by atoms with Crippen molar-refractivity contribution in [2.24, 2.45) is 0 Å². The molecule has 2 amide bonds. The molecular formula is C17H20N2O4. The topological polar surface area (TPSA) is 91.6 Å². The number of amides is 2. The second-order valence-corrected chi connectivity index (χ2v) is 5.71. The van der Waals surface area contributed by atoms with Gasteiger partial charge in [-0.05, 0) is 50.1 Å². The van der Waals surface area contributed by atoms with Crippen LogP contribution in [0.4, 0.5) is 5.69 Å². The number of hydrogen-bond donors (Lipinski definition) is 3. The predicted molar refractivity (Wildman–Crippen MR) is 85.8 cm³/mol. The van der Waals surface area contributed by atoms with Crippen molar-refractivity contribution in [2.45, 2.75) is 26.4 Å². The zero-order valence-electron chi connectivity index (χ0n) is 13.3. The van der Waals surface area contributed by atoms with Crippen LogP contribution in [0.25, 0.3) is 0 Å². The molecule has 0 aliphatic heterocycles. The molecule has 0 aliphatic carbocycles. The summed E-state index contributed by atoms with van der Waals surface area (Å²) in [6.07, 6.45) is 1.43. The third kappa shape index (κ3) is 4.20. The lowest BCUT2D eigenvalue weighted by Gasteiger charge is -2.21. The van der Waals surface area contributed by atoms with Crippen LogP contribution in [0.15, 0.2) is 41.0 Å². The Morgan fingerprint density at radius 2 is 1.96 bits per heavy atom. The molecule has 2 aromatic rings. The zero-order chi connectivity index (χ0) is 17.0. The summed E-state index contributed by atoms with van der Waals surface area (Å²) in [4.78, 5) is 23.8. The van der Waals surface area contributed by atoms with Crippen molar-refractivity contribution >= 4 is 17.5 Å². The summed E-state index contributed by atoms with van der Waals surface area (Å²) >= 11 is 0. The number of hydrogen-bond acceptors (Lipinski definition) is 4. The Bertz CT molecular complexity index is 705. The van der Waals surface area contributed by atoms with E-state index in [0.717, 1.165) is 11.1 Å². The maximum atomic E-state index is 12.0. The van der Waals surface area contributed by atoms with Crippen LogP contribution in [0.1, 0.15) is 23.8 Å². The van der Waals surface area contributed by atoms with Gasteiger partial charge in [0.1, 0.15) is 11.4 Å². The number of furan rings is 1. The maximum absolute atomic E-state index is 12.0. The largest absolute Gasteiger partial charge is 0.466 e. The Morgan fingerprint density at radius 1 is 1.22 bits per heavy atom. The van der Waals surface area contributed by atoms with E-state index in [4.69, 9.17) is 4.42 Å². The molecule has 1 aromatic heterocycles. The summed E-state index contributed by atoms with van der Waals surface area (Å²) in [7, 11) is 0. The highest BCUT2D eigenvalue weighted by Crippen LogP contribution is 2.20. The minimum atomic E-state index is -1.39. The van der Waals surface area contributed by atoms with Gasteiger partial charge in [0.15, 0.2) is 0 Å². The van der Waals surface area contributed by atoms with Crippen LogP contribution in [-0.4, -0.2) is 23.5 Å². The Labute approximate surface area is 134 Å². The predicted octanol–water partition coefficient (Wildman–Crippen LogP) is 1.86. The van der Waals surface area contributed by atoms with Gasteiger partial charge < -0.3 is 20.2 Å². The van der Waals surface area contributed by atoms with Gasteiger partial charge in [-0.25, -0.2) is 0 Å². The molecule has 0 aliphatic rings. The molecule has 2 rings (SSSR count). The molecule has 0 bridgehead atoms. The van der Waals surface area contributed by atoms with Gasteiger partial charge in [0, 0.05) is 5.69 Å². The van der Waals surface area contributed by atoms with Crippen molar-refractivity contribution in [2.75, 3.05) is 11.9 Å². The lowest BCUT2D eigenvalue weighted by Crippen LogP contribution is -2.43. The molecule has 0 saturated carbocycles. The van der Waals surface area contributed by atoms with Crippen LogP contribution in [-0.2, 0) is 15.2 Å². The highest BCUT2D eigenvalue weighted by Gasteiger charge is 2.28. The highest BCUT2D eigenvalue weighted by molar-refractivity contribution is 6.39. The van der Waals surface area contributed by atoms with Gasteiger partial charge >= 0.3 is 11.8 Å². The number of nitrogens with one attached hydrogen (secondary N) is 2. The third-order valence-corrected chi connectivity index (χ3v) is 3.49. The standard InChI is InChI=1S/C17H20N2O4/c1-11-6-7-12(2)13(9-11)19-16(21)15(20)18-10-17(3,22)14-5-4-8-23-14/h4-9,22H,10H2,1-3H3,(H,18,20)(H,19,21). The van der Waals surface area contributed by atoms with E-state index in [1.165, 1.54) is 13.2 Å². The summed E-state index contributed by atoms with van der Waals surface area (Å²) in [6.45, 7) is 5.10. The smallest absolute Gasteiger partial charge is 0.313 e. The van der Waals surface area contributed by atoms with Gasteiger partial charge in [-0.1, -0.05) is 12.1 Å². The third-order valence-electron chi connectivity index (χ3n) is 3.49. The lowest BCUT2D eigenvalue weighted by atomic mass is 10.0. The molecule has 1 atom stereocenters. The first-order valence-corrected chi connectivity index (χ1v) is 7.22. The number of rotatable bonds is 4. The first-order valence-electron chi connectivity index (χ1n) is 7.22. The van der Waals surface area contributed by atoms with Gasteiger partial charge in [-0.3, -0.25) is 9.59 Å². The first kappa shape index (κ1) is 16.8. The van der Waals surface area contributed by atoms with Crippen LogP contribution in [0.3, 0.4) is 0 Å². The molecular weight excluding hydrogens is 296 g/mol. The number of aliphatic hydroxyl groups is 1. The lowest BCUT2D eigenvalue weighted by molar-refractivity contribution is -0.136. The molecule has 0 spiro atoms. The summed E-state index contributed by atoms with van der Waals surface area (Å²) in [6, 6.07) is 8.82. The number of anilines is 1. The zero-order valence-corrected chi connectivity index (χ0v) is 13.3. The molecule has 23 heavy (non-hydrogen) atoms. The monoisotopic (exact) mass is 316 g/mol. The Kier molecular flexibility index (Phi) is 4.86. The fraction of sp³-hybridized carbons (Fsp3) is 0.294. The SMILES string of the molecule is Cc1ccc(C)c(NC(=O)C(=O)NCC(C)(O)c2ccco2)c1. The molecule has 3 N–H and O–H groups in total. The molecule has 1 unspecified atom stereocenters. The number of benzene rings is 1. The van der Waals surface area contributed by atoms with Crippen molar-refractivity contribution < 1.29 is 19.1 Å². The van der Waals surface area contributed by atoms with Crippen molar-refractivity contribution in [3.8, 4) is 0 Å². The number of aryl methyl sites for hydroxylation is 2. The van der Waals surface area contributed by atoms with Crippen molar-refractivity contribution in [1.82, 2.24) is 5.32 Å². The van der Waals surface area contributed by atoms with E-state index in [-0.39, 0.29) is 6.54 Å². The van der Waals surface area contributed by atoms with E-state index in [1.54, 1.807) is 18.2 Å². The van der Waals surface area contributed by atoms with Crippen molar-refractivity contribution in [1.29, 1.82) is 0 Å². The Morgan fingerprint density at radius 3 is 2.61 bits per heavy atom. The first-order chi connectivity index (χ1) is 10.8. The summed E-state index contributed by atoms with van der Waals surface area (Å²) in [5.74, 6) is -1.29. The van der Waals surface area contributed by atoms with Gasteiger partial charge in [-0.2, -0.15) is 0 Å². The van der Waals surface area contributed by atoms with E-state index in [1.807, 2.05) is 26.0 Å². The fourth-order valence-corrected chi connectivity index (χ4v) is 2.05. The highest BCUT2D eigenvalue weighted by atomic mass is 16.4. The molecule has 1 aromatic carbocycles. The van der Waals surface area contributed by atoms with Gasteiger partial charge in [0.2, 0.25) is 0 Å². The van der Waals surface area contributed by atoms with Crippen LogP contribution >= 0.6 is 0 Å². The Hall–Kier alpha value is -2.60. The number of carbonyl (C=O) groups is 2. The normalized spacial score (nSPS) is 13.2. The molecule has 6 nitrogen and oxygen atoms in total. The second-order valence-electron chi connectivity index (χ2n) is 5.71. The van der Waals surface area contributed by atoms with Crippen molar-refractivity contribution in [3.63, 3.8) is 0 Å². The van der Waals surface area contributed by atoms with Gasteiger partial charge in [0.05, 0.1) is 12.8 Å². The summed E-state index contributed by atoms with van der Waals surface area (Å²) in [5.41, 5.74) is 1.04. The molecule has 1 heterocycles. The van der Waals surface area contributed by atoms with Crippen LogP contribution in [0.2, 0.25) is 0 Å². The summed E-state index contributed by atoms with van der Waals surface area (Å²) in [5, 5.41) is 15.2. The maximum Gasteiger partial charge on any atom is 0.313 e. The fourth-order valence-electron chi connectivity index (χ4n) is 2.05. The quantitative estimate of drug-likeness (QED) is 0.751. The average molecular weight is 316 g/mol. The number of carbonyl (C=O) groups excluding carboxylic acids is 2. The molecule has 122 valence electrons. The molecule has 0 radical (unpaired) electrons. The van der Waals surface area contributed by atoms with Crippen LogP contribution in [0.5, 0.6) is 0 Å². The van der Waals surface area contributed by atoms with E-state index >= 15 is 0 Å². The van der Waals surface area contributed by atoms with E-state index in [0.29, 0.717) is 11.4 Å². The summed E-state index contributed by atoms with van der Waals surface area (Å²) < 4.78 is 5.11.